The number of rotatable bonds is 8. The molecule has 4 N–H and O–H groups in total. The van der Waals surface area contributed by atoms with Gasteiger partial charge in [-0.05, 0) is 74.3 Å². The second-order valence-electron chi connectivity index (χ2n) is 15.7. The first-order valence-electron chi connectivity index (χ1n) is 15.2. The fourth-order valence-corrected chi connectivity index (χ4v) is 5.01. The molecule has 0 saturated carbocycles. The first kappa shape index (κ1) is 34.5. The number of aromatic hydroxyl groups is 2. The van der Waals surface area contributed by atoms with E-state index in [2.05, 4.69) is 144 Å². The van der Waals surface area contributed by atoms with Crippen molar-refractivity contribution in [3.63, 3.8) is 0 Å². The molecule has 0 fully saturated rings. The number of nitrogens with two attached hydrogens (primary N) is 1. The highest BCUT2D eigenvalue weighted by Crippen LogP contribution is 2.41. The number of phenols is 2. The summed E-state index contributed by atoms with van der Waals surface area (Å²) >= 11 is 0. The first-order chi connectivity index (χ1) is 18.6. The van der Waals surface area contributed by atoms with Gasteiger partial charge in [0, 0.05) is 12.4 Å². The van der Waals surface area contributed by atoms with Crippen LogP contribution in [-0.2, 0) is 34.5 Å². The van der Waals surface area contributed by atoms with E-state index >= 15 is 0 Å². The summed E-state index contributed by atoms with van der Waals surface area (Å²) in [5, 5.41) is 22.1. The summed E-state index contributed by atoms with van der Waals surface area (Å²) in [5.41, 5.74) is 12.2. The van der Waals surface area contributed by atoms with E-state index in [1.165, 1.54) is 11.1 Å². The molecule has 2 aromatic carbocycles. The Labute approximate surface area is 251 Å². The molecule has 4 heteroatoms. The number of hydrogen-bond donors (Lipinski definition) is 3. The summed E-state index contributed by atoms with van der Waals surface area (Å²) in [6.07, 6.45) is 10.6. The molecule has 0 saturated heterocycles. The molecular formula is C37H58N2O2. The fourth-order valence-electron chi connectivity index (χ4n) is 5.01. The molecule has 2 aromatic rings. The Kier molecular flexibility index (Phi) is 10.6. The molecule has 0 amide bonds. The van der Waals surface area contributed by atoms with E-state index in [1.54, 1.807) is 0 Å². The zero-order valence-electron chi connectivity index (χ0n) is 28.2. The Hall–Kier alpha value is -2.72. The SMILES string of the molecule is CCC(N)N(C=CCc1cc(C(C)(C)C)c(O)c(C(C)(C)C)c1)C=CCc1cc(C(C)(C)C)c(O)c(C(C)(C)C)c1. The summed E-state index contributed by atoms with van der Waals surface area (Å²) in [7, 11) is 0. The lowest BCUT2D eigenvalue weighted by atomic mass is 9.78. The van der Waals surface area contributed by atoms with E-state index < -0.39 is 0 Å². The first-order valence-corrected chi connectivity index (χ1v) is 15.2. The van der Waals surface area contributed by atoms with Crippen LogP contribution < -0.4 is 5.73 Å². The van der Waals surface area contributed by atoms with Gasteiger partial charge in [0.05, 0.1) is 6.17 Å². The molecule has 0 aromatic heterocycles. The van der Waals surface area contributed by atoms with Gasteiger partial charge in [0.2, 0.25) is 0 Å². The van der Waals surface area contributed by atoms with Crippen molar-refractivity contribution in [3.8, 4) is 11.5 Å². The summed E-state index contributed by atoms with van der Waals surface area (Å²) in [4.78, 5) is 2.07. The summed E-state index contributed by atoms with van der Waals surface area (Å²) < 4.78 is 0. The van der Waals surface area contributed by atoms with Gasteiger partial charge in [-0.1, -0.05) is 126 Å². The van der Waals surface area contributed by atoms with Gasteiger partial charge in [0.1, 0.15) is 11.5 Å². The Morgan fingerprint density at radius 2 is 0.878 bits per heavy atom. The quantitative estimate of drug-likeness (QED) is 0.281. The van der Waals surface area contributed by atoms with Crippen molar-refractivity contribution < 1.29 is 10.2 Å². The van der Waals surface area contributed by atoms with Crippen LogP contribution >= 0.6 is 0 Å². The van der Waals surface area contributed by atoms with Gasteiger partial charge in [-0.25, -0.2) is 0 Å². The minimum atomic E-state index is -0.156. The molecule has 4 nitrogen and oxygen atoms in total. The van der Waals surface area contributed by atoms with Crippen LogP contribution in [0.1, 0.15) is 130 Å². The molecule has 2 rings (SSSR count). The minimum absolute atomic E-state index is 0.132. The monoisotopic (exact) mass is 562 g/mol. The van der Waals surface area contributed by atoms with Gasteiger partial charge in [-0.15, -0.1) is 0 Å². The van der Waals surface area contributed by atoms with Crippen molar-refractivity contribution in [3.05, 3.63) is 82.2 Å². The predicted molar refractivity (Wildman–Crippen MR) is 177 cm³/mol. The zero-order chi connectivity index (χ0) is 31.6. The third-order valence-corrected chi connectivity index (χ3v) is 7.63. The third kappa shape index (κ3) is 9.13. The van der Waals surface area contributed by atoms with Gasteiger partial charge in [0.25, 0.3) is 0 Å². The van der Waals surface area contributed by atoms with E-state index in [4.69, 9.17) is 5.73 Å². The Morgan fingerprint density at radius 1 is 0.610 bits per heavy atom. The summed E-state index contributed by atoms with van der Waals surface area (Å²) in [5.74, 6) is 0.822. The maximum absolute atomic E-state index is 11.1. The predicted octanol–water partition coefficient (Wildman–Crippen LogP) is 9.10. The van der Waals surface area contributed by atoms with E-state index in [0.717, 1.165) is 41.5 Å². The lowest BCUT2D eigenvalue weighted by Gasteiger charge is -2.28. The minimum Gasteiger partial charge on any atom is -0.507 e. The molecule has 0 aliphatic rings. The molecule has 228 valence electrons. The normalized spacial score (nSPS) is 14.3. The summed E-state index contributed by atoms with van der Waals surface area (Å²) in [6, 6.07) is 8.55. The summed E-state index contributed by atoms with van der Waals surface area (Å²) in [6.45, 7) is 27.8. The Morgan fingerprint density at radius 3 is 1.10 bits per heavy atom. The lowest BCUT2D eigenvalue weighted by molar-refractivity contribution is 0.362. The highest BCUT2D eigenvalue weighted by molar-refractivity contribution is 5.51. The van der Waals surface area contributed by atoms with Crippen LogP contribution in [0.2, 0.25) is 0 Å². The Bertz CT molecular complexity index is 1080. The van der Waals surface area contributed by atoms with Crippen molar-refractivity contribution in [2.45, 2.75) is 137 Å². The van der Waals surface area contributed by atoms with E-state index in [1.807, 2.05) is 0 Å². The number of nitrogens with zero attached hydrogens (tertiary/aromatic N) is 1. The van der Waals surface area contributed by atoms with Crippen molar-refractivity contribution in [2.75, 3.05) is 0 Å². The second kappa shape index (κ2) is 12.7. The van der Waals surface area contributed by atoms with E-state index in [-0.39, 0.29) is 27.8 Å². The van der Waals surface area contributed by atoms with Gasteiger partial charge >= 0.3 is 0 Å². The van der Waals surface area contributed by atoms with Gasteiger partial charge in [-0.3, -0.25) is 0 Å². The molecule has 0 aliphatic heterocycles. The molecule has 0 radical (unpaired) electrons. The third-order valence-electron chi connectivity index (χ3n) is 7.63. The standard InChI is InChI=1S/C37H58N2O2/c1-14-31(38)39(19-15-17-25-21-27(34(2,3)4)32(40)28(22-25)35(5,6)7)20-16-18-26-23-29(36(8,9)10)33(41)30(24-26)37(11,12)13/h15-16,19-24,31,40-41H,14,17-18,38H2,1-13H3. The highest BCUT2D eigenvalue weighted by Gasteiger charge is 2.27. The van der Waals surface area contributed by atoms with Crippen LogP contribution in [0.25, 0.3) is 0 Å². The van der Waals surface area contributed by atoms with Crippen LogP contribution in [0.15, 0.2) is 48.8 Å². The molecule has 0 aliphatic carbocycles. The molecule has 1 unspecified atom stereocenters. The van der Waals surface area contributed by atoms with Crippen LogP contribution in [0, 0.1) is 0 Å². The number of benzene rings is 2. The van der Waals surface area contributed by atoms with Crippen LogP contribution in [0.4, 0.5) is 0 Å². The molecule has 1 atom stereocenters. The molecule has 0 heterocycles. The maximum Gasteiger partial charge on any atom is 0.123 e. The average molecular weight is 563 g/mol. The topological polar surface area (TPSA) is 69.7 Å². The van der Waals surface area contributed by atoms with Crippen LogP contribution in [0.3, 0.4) is 0 Å². The van der Waals surface area contributed by atoms with Crippen molar-refractivity contribution in [1.29, 1.82) is 0 Å². The highest BCUT2D eigenvalue weighted by atomic mass is 16.3. The van der Waals surface area contributed by atoms with Gasteiger partial charge < -0.3 is 20.8 Å². The molecular weight excluding hydrogens is 504 g/mol. The van der Waals surface area contributed by atoms with Crippen LogP contribution in [0.5, 0.6) is 11.5 Å². The van der Waals surface area contributed by atoms with E-state index in [0.29, 0.717) is 11.5 Å². The maximum atomic E-state index is 11.1. The second-order valence-corrected chi connectivity index (χ2v) is 15.7. The largest absolute Gasteiger partial charge is 0.507 e. The fraction of sp³-hybridized carbons (Fsp3) is 0.568. The average Bonchev–Trinajstić information content (AvgIpc) is 2.81. The molecule has 0 bridgehead atoms. The number of phenolic OH excluding ortho intramolecular Hbond substituents is 2. The molecule has 41 heavy (non-hydrogen) atoms. The van der Waals surface area contributed by atoms with Gasteiger partial charge in [-0.2, -0.15) is 0 Å². The van der Waals surface area contributed by atoms with Gasteiger partial charge in [0.15, 0.2) is 0 Å². The number of hydrogen-bond acceptors (Lipinski definition) is 4. The van der Waals surface area contributed by atoms with E-state index in [9.17, 15) is 10.2 Å². The number of allylic oxidation sites excluding steroid dienone is 2. The lowest BCUT2D eigenvalue weighted by Crippen LogP contribution is -2.34. The van der Waals surface area contributed by atoms with Crippen molar-refractivity contribution in [1.82, 2.24) is 4.90 Å². The van der Waals surface area contributed by atoms with Crippen LogP contribution in [-0.4, -0.2) is 21.3 Å². The Balaban J connectivity index is 2.36. The zero-order valence-corrected chi connectivity index (χ0v) is 28.2. The van der Waals surface area contributed by atoms with Crippen molar-refractivity contribution >= 4 is 0 Å². The smallest absolute Gasteiger partial charge is 0.123 e. The van der Waals surface area contributed by atoms with Crippen molar-refractivity contribution in [2.24, 2.45) is 5.73 Å². The molecule has 0 spiro atoms.